The molecule has 4 heteroatoms. The van der Waals surface area contributed by atoms with Gasteiger partial charge < -0.3 is 20.3 Å². The topological polar surface area (TPSA) is 61.7 Å². The summed E-state index contributed by atoms with van der Waals surface area (Å²) in [6.45, 7) is 9.74. The molecule has 0 aromatic carbocycles. The van der Waals surface area contributed by atoms with E-state index in [0.717, 1.165) is 13.0 Å². The van der Waals surface area contributed by atoms with E-state index in [4.69, 9.17) is 9.84 Å². The highest BCUT2D eigenvalue weighted by Gasteiger charge is 2.48. The lowest BCUT2D eigenvalue weighted by Gasteiger charge is -2.52. The van der Waals surface area contributed by atoms with E-state index < -0.39 is 6.10 Å². The van der Waals surface area contributed by atoms with Gasteiger partial charge in [0.05, 0.1) is 18.8 Å². The van der Waals surface area contributed by atoms with E-state index in [1.54, 1.807) is 0 Å². The van der Waals surface area contributed by atoms with Gasteiger partial charge in [-0.2, -0.15) is 0 Å². The Labute approximate surface area is 104 Å². The number of hydrogen-bond acceptors (Lipinski definition) is 4. The average Bonchev–Trinajstić information content (AvgIpc) is 2.26. The minimum atomic E-state index is -0.665. The highest BCUT2D eigenvalue weighted by molar-refractivity contribution is 5.02. The maximum absolute atomic E-state index is 9.29. The van der Waals surface area contributed by atoms with Crippen molar-refractivity contribution in [3.8, 4) is 0 Å². The molecule has 17 heavy (non-hydrogen) atoms. The van der Waals surface area contributed by atoms with Crippen molar-refractivity contribution in [1.82, 2.24) is 5.32 Å². The van der Waals surface area contributed by atoms with Crippen LogP contribution in [0.1, 0.15) is 34.1 Å². The summed E-state index contributed by atoms with van der Waals surface area (Å²) < 4.78 is 5.87. The lowest BCUT2D eigenvalue weighted by atomic mass is 9.64. The van der Waals surface area contributed by atoms with Gasteiger partial charge in [-0.05, 0) is 12.3 Å². The molecule has 1 fully saturated rings. The third-order valence-corrected chi connectivity index (χ3v) is 3.62. The number of ether oxygens (including phenoxy) is 1. The van der Waals surface area contributed by atoms with Crippen LogP contribution in [0.25, 0.3) is 0 Å². The Morgan fingerprint density at radius 3 is 2.53 bits per heavy atom. The fourth-order valence-electron chi connectivity index (χ4n) is 2.17. The van der Waals surface area contributed by atoms with Gasteiger partial charge in [0.1, 0.15) is 0 Å². The van der Waals surface area contributed by atoms with Crippen molar-refractivity contribution in [2.75, 3.05) is 19.8 Å². The lowest BCUT2D eigenvalue weighted by Crippen LogP contribution is -2.62. The fourth-order valence-corrected chi connectivity index (χ4v) is 2.17. The number of aliphatic hydroxyl groups excluding tert-OH is 2. The quantitative estimate of drug-likeness (QED) is 0.620. The van der Waals surface area contributed by atoms with Crippen LogP contribution >= 0.6 is 0 Å². The molecule has 1 saturated carbocycles. The molecule has 0 aromatic rings. The van der Waals surface area contributed by atoms with E-state index in [9.17, 15) is 5.11 Å². The van der Waals surface area contributed by atoms with E-state index >= 15 is 0 Å². The molecule has 0 bridgehead atoms. The zero-order valence-electron chi connectivity index (χ0n) is 11.4. The second-order valence-corrected chi connectivity index (χ2v) is 6.07. The van der Waals surface area contributed by atoms with Crippen LogP contribution < -0.4 is 5.32 Å². The van der Waals surface area contributed by atoms with Crippen molar-refractivity contribution in [3.63, 3.8) is 0 Å². The van der Waals surface area contributed by atoms with Gasteiger partial charge in [-0.25, -0.2) is 0 Å². The standard InChI is InChI=1S/C13H27NO3/c1-9(2)8-17-12-5-11(13(12,3)4)14-6-10(16)7-15/h9-12,14-16H,5-8H2,1-4H3. The van der Waals surface area contributed by atoms with Crippen molar-refractivity contribution in [2.45, 2.75) is 52.4 Å². The van der Waals surface area contributed by atoms with Gasteiger partial charge in [-0.3, -0.25) is 0 Å². The molecule has 0 amide bonds. The summed E-state index contributed by atoms with van der Waals surface area (Å²) >= 11 is 0. The predicted molar refractivity (Wildman–Crippen MR) is 67.9 cm³/mol. The van der Waals surface area contributed by atoms with E-state index in [-0.39, 0.29) is 12.0 Å². The van der Waals surface area contributed by atoms with E-state index in [2.05, 4.69) is 33.0 Å². The summed E-state index contributed by atoms with van der Waals surface area (Å²) in [5.74, 6) is 0.564. The molecule has 1 rings (SSSR count). The van der Waals surface area contributed by atoms with Crippen molar-refractivity contribution >= 4 is 0 Å². The highest BCUT2D eigenvalue weighted by atomic mass is 16.5. The first kappa shape index (κ1) is 14.9. The SMILES string of the molecule is CC(C)COC1CC(NCC(O)CO)C1(C)C. The van der Waals surface area contributed by atoms with Crippen LogP contribution in [-0.2, 0) is 4.74 Å². The van der Waals surface area contributed by atoms with Crippen LogP contribution in [0.5, 0.6) is 0 Å². The van der Waals surface area contributed by atoms with E-state index in [0.29, 0.717) is 24.6 Å². The van der Waals surface area contributed by atoms with Crippen LogP contribution in [0.3, 0.4) is 0 Å². The molecule has 0 saturated heterocycles. The zero-order chi connectivity index (χ0) is 13.1. The molecule has 0 spiro atoms. The van der Waals surface area contributed by atoms with Gasteiger partial charge in [0, 0.05) is 24.6 Å². The molecule has 0 aromatic heterocycles. The number of rotatable bonds is 7. The zero-order valence-corrected chi connectivity index (χ0v) is 11.4. The van der Waals surface area contributed by atoms with Crippen LogP contribution in [0.15, 0.2) is 0 Å². The van der Waals surface area contributed by atoms with Gasteiger partial charge in [-0.1, -0.05) is 27.7 Å². The van der Waals surface area contributed by atoms with Crippen molar-refractivity contribution in [3.05, 3.63) is 0 Å². The van der Waals surface area contributed by atoms with Gasteiger partial charge >= 0.3 is 0 Å². The first-order valence-electron chi connectivity index (χ1n) is 6.51. The van der Waals surface area contributed by atoms with Gasteiger partial charge in [-0.15, -0.1) is 0 Å². The number of aliphatic hydroxyl groups is 2. The Morgan fingerprint density at radius 2 is 2.06 bits per heavy atom. The molecule has 0 radical (unpaired) electrons. The summed E-state index contributed by atoms with van der Waals surface area (Å²) in [5, 5.41) is 21.3. The van der Waals surface area contributed by atoms with Crippen LogP contribution in [0.4, 0.5) is 0 Å². The van der Waals surface area contributed by atoms with Gasteiger partial charge in [0.25, 0.3) is 0 Å². The predicted octanol–water partition coefficient (Wildman–Crippen LogP) is 0.769. The maximum atomic E-state index is 9.29. The number of hydrogen-bond donors (Lipinski definition) is 3. The second-order valence-electron chi connectivity index (χ2n) is 6.07. The summed E-state index contributed by atoms with van der Waals surface area (Å²) in [5.41, 5.74) is 0.101. The van der Waals surface area contributed by atoms with Gasteiger partial charge in [0.15, 0.2) is 0 Å². The molecular weight excluding hydrogens is 218 g/mol. The highest BCUT2D eigenvalue weighted by Crippen LogP contribution is 2.42. The van der Waals surface area contributed by atoms with Crippen molar-refractivity contribution in [1.29, 1.82) is 0 Å². The molecule has 0 aliphatic heterocycles. The monoisotopic (exact) mass is 245 g/mol. The van der Waals surface area contributed by atoms with Crippen LogP contribution in [0.2, 0.25) is 0 Å². The third-order valence-electron chi connectivity index (χ3n) is 3.62. The summed E-state index contributed by atoms with van der Waals surface area (Å²) in [6, 6.07) is 0.362. The molecule has 1 aliphatic carbocycles. The Morgan fingerprint density at radius 1 is 1.41 bits per heavy atom. The lowest BCUT2D eigenvalue weighted by molar-refractivity contribution is -0.125. The minimum absolute atomic E-state index is 0.101. The molecule has 3 N–H and O–H groups in total. The van der Waals surface area contributed by atoms with Crippen LogP contribution in [0, 0.1) is 11.3 Å². The van der Waals surface area contributed by atoms with Crippen molar-refractivity contribution < 1.29 is 14.9 Å². The Hall–Kier alpha value is -0.160. The molecule has 1 aliphatic rings. The first-order valence-corrected chi connectivity index (χ1v) is 6.51. The van der Waals surface area contributed by atoms with E-state index in [1.807, 2.05) is 0 Å². The molecule has 102 valence electrons. The smallest absolute Gasteiger partial charge is 0.0895 e. The Balaban J connectivity index is 2.28. The Kier molecular flexibility index (Phi) is 5.38. The normalized spacial score (nSPS) is 29.1. The first-order chi connectivity index (χ1) is 7.87. The average molecular weight is 245 g/mol. The Bertz CT molecular complexity index is 231. The summed E-state index contributed by atoms with van der Waals surface area (Å²) in [6.07, 6.45) is 0.618. The largest absolute Gasteiger partial charge is 0.394 e. The fraction of sp³-hybridized carbons (Fsp3) is 1.00. The molecule has 3 unspecified atom stereocenters. The van der Waals surface area contributed by atoms with Crippen molar-refractivity contribution in [2.24, 2.45) is 11.3 Å². The minimum Gasteiger partial charge on any atom is -0.394 e. The maximum Gasteiger partial charge on any atom is 0.0895 e. The second kappa shape index (κ2) is 6.14. The molecule has 4 nitrogen and oxygen atoms in total. The molecule has 0 heterocycles. The summed E-state index contributed by atoms with van der Waals surface area (Å²) in [4.78, 5) is 0. The van der Waals surface area contributed by atoms with Crippen LogP contribution in [-0.4, -0.2) is 48.2 Å². The van der Waals surface area contributed by atoms with E-state index in [1.165, 1.54) is 0 Å². The summed E-state index contributed by atoms with van der Waals surface area (Å²) in [7, 11) is 0. The third kappa shape index (κ3) is 3.91. The number of nitrogens with one attached hydrogen (secondary N) is 1. The molecule has 3 atom stereocenters. The van der Waals surface area contributed by atoms with Gasteiger partial charge in [0.2, 0.25) is 0 Å². The molecular formula is C13H27NO3.